The number of aromatic nitrogens is 1. The average molecular weight is 383 g/mol. The molecule has 2 aliphatic rings. The van der Waals surface area contributed by atoms with Crippen LogP contribution in [0.5, 0.6) is 5.75 Å². The lowest BCUT2D eigenvalue weighted by molar-refractivity contribution is 0.331. The fourth-order valence-corrected chi connectivity index (χ4v) is 5.98. The van der Waals surface area contributed by atoms with Crippen LogP contribution in [0.1, 0.15) is 12.8 Å². The molecule has 2 bridgehead atoms. The number of fused-ring (bicyclic) bond motifs is 3. The third-order valence-electron chi connectivity index (χ3n) is 5.76. The van der Waals surface area contributed by atoms with Crippen molar-refractivity contribution in [1.82, 2.24) is 9.29 Å². The van der Waals surface area contributed by atoms with E-state index in [9.17, 15) is 13.5 Å². The molecule has 0 aliphatic carbocycles. The lowest BCUT2D eigenvalue weighted by Gasteiger charge is -2.41. The number of sulfonamides is 1. The van der Waals surface area contributed by atoms with Gasteiger partial charge in [-0.1, -0.05) is 6.07 Å². The van der Waals surface area contributed by atoms with Crippen molar-refractivity contribution in [2.75, 3.05) is 18.0 Å². The summed E-state index contributed by atoms with van der Waals surface area (Å²) in [6.45, 7) is 0.977. The number of benzene rings is 2. The summed E-state index contributed by atoms with van der Waals surface area (Å²) in [6, 6.07) is 14.7. The van der Waals surface area contributed by atoms with Gasteiger partial charge in [0.1, 0.15) is 5.75 Å². The number of aromatic amines is 1. The minimum Gasteiger partial charge on any atom is -0.508 e. The van der Waals surface area contributed by atoms with Crippen LogP contribution in [0.25, 0.3) is 10.9 Å². The van der Waals surface area contributed by atoms with E-state index in [1.165, 1.54) is 0 Å². The largest absolute Gasteiger partial charge is 0.508 e. The maximum Gasteiger partial charge on any atom is 0.243 e. The van der Waals surface area contributed by atoms with Crippen molar-refractivity contribution in [3.63, 3.8) is 0 Å². The monoisotopic (exact) mass is 383 g/mol. The number of aromatic hydroxyl groups is 1. The van der Waals surface area contributed by atoms with Crippen LogP contribution in [0.2, 0.25) is 0 Å². The molecule has 2 fully saturated rings. The predicted molar refractivity (Wildman–Crippen MR) is 104 cm³/mol. The van der Waals surface area contributed by atoms with Gasteiger partial charge in [-0.15, -0.1) is 0 Å². The van der Waals surface area contributed by atoms with E-state index in [0.29, 0.717) is 18.0 Å². The van der Waals surface area contributed by atoms with E-state index in [1.807, 2.05) is 30.5 Å². The molecule has 5 rings (SSSR count). The van der Waals surface area contributed by atoms with Gasteiger partial charge in [0.2, 0.25) is 10.0 Å². The Hall–Kier alpha value is -2.51. The molecule has 6 nitrogen and oxygen atoms in total. The Labute approximate surface area is 158 Å². The van der Waals surface area contributed by atoms with E-state index >= 15 is 0 Å². The molecule has 3 aromatic rings. The van der Waals surface area contributed by atoms with Crippen LogP contribution < -0.4 is 4.90 Å². The zero-order chi connectivity index (χ0) is 18.6. The first-order valence-corrected chi connectivity index (χ1v) is 10.6. The second-order valence-corrected chi connectivity index (χ2v) is 9.30. The molecule has 2 atom stereocenters. The molecule has 0 spiro atoms. The molecule has 0 saturated carbocycles. The molecule has 0 amide bonds. The lowest BCUT2D eigenvalue weighted by Crippen LogP contribution is -2.55. The van der Waals surface area contributed by atoms with Gasteiger partial charge in [0, 0.05) is 42.6 Å². The van der Waals surface area contributed by atoms with Gasteiger partial charge >= 0.3 is 0 Å². The Morgan fingerprint density at radius 1 is 0.963 bits per heavy atom. The summed E-state index contributed by atoms with van der Waals surface area (Å²) in [7, 11) is -3.52. The van der Waals surface area contributed by atoms with Crippen molar-refractivity contribution < 1.29 is 13.5 Å². The van der Waals surface area contributed by atoms with Crippen molar-refractivity contribution in [1.29, 1.82) is 0 Å². The molecule has 140 valence electrons. The lowest BCUT2D eigenvalue weighted by atomic mass is 10.1. The van der Waals surface area contributed by atoms with Crippen molar-refractivity contribution in [2.45, 2.75) is 29.8 Å². The number of hydrogen-bond donors (Lipinski definition) is 2. The number of nitrogens with one attached hydrogen (secondary N) is 1. The van der Waals surface area contributed by atoms with Gasteiger partial charge in [0.15, 0.2) is 0 Å². The van der Waals surface area contributed by atoms with Crippen LogP contribution in [0.3, 0.4) is 0 Å². The molecular formula is C20H21N3O3S. The maximum atomic E-state index is 13.2. The Balaban J connectivity index is 1.43. The molecule has 0 radical (unpaired) electrons. The van der Waals surface area contributed by atoms with Gasteiger partial charge in [0.25, 0.3) is 0 Å². The Bertz CT molecular complexity index is 1080. The third-order valence-corrected chi connectivity index (χ3v) is 7.59. The quantitative estimate of drug-likeness (QED) is 0.729. The SMILES string of the molecule is O=S(=O)(c1ccc2cc[nH]c2c1)N1C[C@H]2CC[C@@H](C1)N2c1ccc(O)cc1. The number of rotatable bonds is 3. The second-order valence-electron chi connectivity index (χ2n) is 7.36. The van der Waals surface area contributed by atoms with Crippen LogP contribution in [0.15, 0.2) is 59.6 Å². The molecular weight excluding hydrogens is 362 g/mol. The highest BCUT2D eigenvalue weighted by Gasteiger charge is 2.43. The minimum absolute atomic E-state index is 0.164. The van der Waals surface area contributed by atoms with Crippen LogP contribution in [0, 0.1) is 0 Å². The van der Waals surface area contributed by atoms with Crippen molar-refractivity contribution in [2.24, 2.45) is 0 Å². The molecule has 7 heteroatoms. The average Bonchev–Trinajstić information content (AvgIpc) is 3.23. The number of nitrogens with zero attached hydrogens (tertiary/aromatic N) is 2. The molecule has 1 aromatic heterocycles. The molecule has 27 heavy (non-hydrogen) atoms. The number of piperazine rings is 1. The number of anilines is 1. The van der Waals surface area contributed by atoms with E-state index in [0.717, 1.165) is 29.4 Å². The topological polar surface area (TPSA) is 76.6 Å². The first-order chi connectivity index (χ1) is 13.0. The van der Waals surface area contributed by atoms with E-state index in [1.54, 1.807) is 28.6 Å². The fourth-order valence-electron chi connectivity index (χ4n) is 4.44. The van der Waals surface area contributed by atoms with Crippen LogP contribution in [0.4, 0.5) is 5.69 Å². The van der Waals surface area contributed by atoms with E-state index in [2.05, 4.69) is 9.88 Å². The number of H-pyrrole nitrogens is 1. The minimum atomic E-state index is -3.52. The molecule has 2 saturated heterocycles. The van der Waals surface area contributed by atoms with Crippen molar-refractivity contribution in [3.05, 3.63) is 54.7 Å². The summed E-state index contributed by atoms with van der Waals surface area (Å²) in [5, 5.41) is 10.5. The van der Waals surface area contributed by atoms with Crippen LogP contribution in [-0.2, 0) is 10.0 Å². The van der Waals surface area contributed by atoms with Crippen LogP contribution >= 0.6 is 0 Å². The first kappa shape index (κ1) is 16.6. The molecule has 2 aromatic carbocycles. The molecule has 2 aliphatic heterocycles. The summed E-state index contributed by atoms with van der Waals surface area (Å²) in [4.78, 5) is 5.75. The van der Waals surface area contributed by atoms with Gasteiger partial charge in [-0.2, -0.15) is 4.31 Å². The summed E-state index contributed by atoms with van der Waals surface area (Å²) in [6.07, 6.45) is 3.78. The van der Waals surface area contributed by atoms with Gasteiger partial charge in [-0.25, -0.2) is 8.42 Å². The third kappa shape index (κ3) is 2.69. The smallest absolute Gasteiger partial charge is 0.243 e. The zero-order valence-electron chi connectivity index (χ0n) is 14.7. The van der Waals surface area contributed by atoms with Crippen LogP contribution in [-0.4, -0.2) is 48.0 Å². The number of phenolic OH excluding ortho intramolecular Hbond substituents is 1. The normalized spacial score (nSPS) is 23.2. The van der Waals surface area contributed by atoms with Crippen molar-refractivity contribution >= 4 is 26.6 Å². The van der Waals surface area contributed by atoms with Crippen molar-refractivity contribution in [3.8, 4) is 5.75 Å². The molecule has 3 heterocycles. The fraction of sp³-hybridized carbons (Fsp3) is 0.300. The number of phenols is 1. The Morgan fingerprint density at radius 3 is 2.37 bits per heavy atom. The maximum absolute atomic E-state index is 13.2. The summed E-state index contributed by atoms with van der Waals surface area (Å²) in [5.74, 6) is 0.243. The highest BCUT2D eigenvalue weighted by Crippen LogP contribution is 2.37. The summed E-state index contributed by atoms with van der Waals surface area (Å²) in [5.41, 5.74) is 1.88. The summed E-state index contributed by atoms with van der Waals surface area (Å²) >= 11 is 0. The first-order valence-electron chi connectivity index (χ1n) is 9.17. The summed E-state index contributed by atoms with van der Waals surface area (Å²) < 4.78 is 28.1. The molecule has 0 unspecified atom stereocenters. The van der Waals surface area contributed by atoms with Gasteiger partial charge < -0.3 is 15.0 Å². The highest BCUT2D eigenvalue weighted by molar-refractivity contribution is 7.89. The Morgan fingerprint density at radius 2 is 1.67 bits per heavy atom. The van der Waals surface area contributed by atoms with Gasteiger partial charge in [0.05, 0.1) is 4.90 Å². The van der Waals surface area contributed by atoms with E-state index in [4.69, 9.17) is 0 Å². The van der Waals surface area contributed by atoms with Gasteiger partial charge in [-0.05, 0) is 60.7 Å². The second kappa shape index (κ2) is 6.00. The van der Waals surface area contributed by atoms with E-state index in [-0.39, 0.29) is 17.8 Å². The highest BCUT2D eigenvalue weighted by atomic mass is 32.2. The Kier molecular flexibility index (Phi) is 3.70. The predicted octanol–water partition coefficient (Wildman–Crippen LogP) is 2.92. The van der Waals surface area contributed by atoms with Gasteiger partial charge in [-0.3, -0.25) is 0 Å². The molecule has 2 N–H and O–H groups in total. The van der Waals surface area contributed by atoms with E-state index < -0.39 is 10.0 Å². The standard InChI is InChI=1S/C20H21N3O3S/c24-18-6-4-15(5-7-18)23-16-2-3-17(23)13-22(12-16)27(25,26)19-8-1-14-9-10-21-20(14)11-19/h1,4-11,16-17,21,24H,2-3,12-13H2/t16-,17+. The number of hydrogen-bond acceptors (Lipinski definition) is 4. The zero-order valence-corrected chi connectivity index (χ0v) is 15.6.